The van der Waals surface area contributed by atoms with Gasteiger partial charge in [0.25, 0.3) is 5.91 Å². The smallest absolute Gasteiger partial charge is 0.252 e. The van der Waals surface area contributed by atoms with Crippen molar-refractivity contribution in [3.63, 3.8) is 0 Å². The Morgan fingerprint density at radius 1 is 1.08 bits per heavy atom. The van der Waals surface area contributed by atoms with Gasteiger partial charge in [0.15, 0.2) is 0 Å². The van der Waals surface area contributed by atoms with Crippen LogP contribution in [0.5, 0.6) is 0 Å². The fraction of sp³-hybridized carbons (Fsp3) is 0.238. The number of hydrogen-bond donors (Lipinski definition) is 2. The number of carbonyl (C=O) groups excluding carboxylic acids is 1. The van der Waals surface area contributed by atoms with E-state index in [1.165, 1.54) is 33.1 Å². The third kappa shape index (κ3) is 1.60. The zero-order chi connectivity index (χ0) is 17.4. The highest BCUT2D eigenvalue weighted by Gasteiger charge is 2.32. The molecule has 0 radical (unpaired) electrons. The molecule has 0 spiro atoms. The van der Waals surface area contributed by atoms with Crippen molar-refractivity contribution in [2.24, 2.45) is 7.05 Å². The van der Waals surface area contributed by atoms with E-state index in [-0.39, 0.29) is 5.91 Å². The number of fused-ring (bicyclic) bond motifs is 10. The first kappa shape index (κ1) is 14.1. The number of carbonyl (C=O) groups is 1. The fourth-order valence-corrected chi connectivity index (χ4v) is 4.88. The number of aromatic amines is 1. The van der Waals surface area contributed by atoms with Gasteiger partial charge < -0.3 is 10.3 Å². The monoisotopic (exact) mass is 342 g/mol. The fourth-order valence-electron chi connectivity index (χ4n) is 4.88. The summed E-state index contributed by atoms with van der Waals surface area (Å²) in [4.78, 5) is 16.6. The first-order valence-corrected chi connectivity index (χ1v) is 9.11. The number of nitrogens with one attached hydrogen (secondary N) is 2. The van der Waals surface area contributed by atoms with Gasteiger partial charge in [0.05, 0.1) is 17.3 Å². The second-order valence-corrected chi connectivity index (χ2v) is 7.26. The number of aryl methyl sites for hydroxylation is 2. The van der Waals surface area contributed by atoms with Gasteiger partial charge in [-0.05, 0) is 36.5 Å². The van der Waals surface area contributed by atoms with Crippen LogP contribution in [0.15, 0.2) is 30.5 Å². The SMILES string of the molecule is Cn1ncc2c1CCc1c-2c2c(c3c1[nH]c1ccccc13)CCNC2=O. The maximum atomic E-state index is 12.9. The van der Waals surface area contributed by atoms with Gasteiger partial charge in [-0.3, -0.25) is 9.48 Å². The van der Waals surface area contributed by atoms with Crippen LogP contribution >= 0.6 is 0 Å². The van der Waals surface area contributed by atoms with Gasteiger partial charge in [0, 0.05) is 46.7 Å². The Balaban J connectivity index is 1.87. The van der Waals surface area contributed by atoms with E-state index >= 15 is 0 Å². The van der Waals surface area contributed by atoms with Crippen LogP contribution in [0, 0.1) is 0 Å². The van der Waals surface area contributed by atoms with Gasteiger partial charge in [-0.25, -0.2) is 0 Å². The Morgan fingerprint density at radius 2 is 1.96 bits per heavy atom. The van der Waals surface area contributed by atoms with Gasteiger partial charge >= 0.3 is 0 Å². The van der Waals surface area contributed by atoms with Crippen LogP contribution < -0.4 is 5.32 Å². The number of nitrogens with zero attached hydrogens (tertiary/aromatic N) is 2. The number of hydrogen-bond acceptors (Lipinski definition) is 2. The molecule has 2 aromatic carbocycles. The van der Waals surface area contributed by atoms with Crippen molar-refractivity contribution in [2.75, 3.05) is 6.54 Å². The minimum atomic E-state index is 0.0476. The van der Waals surface area contributed by atoms with Crippen LogP contribution in [0.25, 0.3) is 32.9 Å². The Morgan fingerprint density at radius 3 is 2.88 bits per heavy atom. The van der Waals surface area contributed by atoms with Gasteiger partial charge in [-0.2, -0.15) is 5.10 Å². The third-order valence-corrected chi connectivity index (χ3v) is 5.99. The summed E-state index contributed by atoms with van der Waals surface area (Å²) in [5.74, 6) is 0.0476. The molecule has 0 fully saturated rings. The Hall–Kier alpha value is -3.08. The Kier molecular flexibility index (Phi) is 2.58. The number of H-pyrrole nitrogens is 1. The molecule has 4 aromatic rings. The summed E-state index contributed by atoms with van der Waals surface area (Å²) in [6.07, 6.45) is 4.65. The molecule has 2 aliphatic rings. The topological polar surface area (TPSA) is 62.7 Å². The van der Waals surface area contributed by atoms with Gasteiger partial charge in [0.2, 0.25) is 0 Å². The van der Waals surface area contributed by atoms with E-state index in [0.717, 1.165) is 41.5 Å². The molecule has 5 heteroatoms. The average molecular weight is 342 g/mol. The molecule has 128 valence electrons. The molecule has 6 rings (SSSR count). The molecule has 1 aliphatic carbocycles. The van der Waals surface area contributed by atoms with Crippen molar-refractivity contribution >= 4 is 27.7 Å². The number of para-hydroxylation sites is 1. The van der Waals surface area contributed by atoms with E-state index in [2.05, 4.69) is 39.7 Å². The average Bonchev–Trinajstić information content (AvgIpc) is 3.23. The third-order valence-electron chi connectivity index (χ3n) is 5.99. The summed E-state index contributed by atoms with van der Waals surface area (Å²) >= 11 is 0. The summed E-state index contributed by atoms with van der Waals surface area (Å²) in [5.41, 5.74) is 9.05. The summed E-state index contributed by atoms with van der Waals surface area (Å²) in [7, 11) is 1.98. The molecular weight excluding hydrogens is 324 g/mol. The lowest BCUT2D eigenvalue weighted by atomic mass is 9.80. The van der Waals surface area contributed by atoms with Crippen molar-refractivity contribution in [1.29, 1.82) is 0 Å². The van der Waals surface area contributed by atoms with Crippen LogP contribution in [-0.2, 0) is 26.3 Å². The van der Waals surface area contributed by atoms with Crippen LogP contribution in [0.2, 0.25) is 0 Å². The highest BCUT2D eigenvalue weighted by atomic mass is 16.1. The number of amides is 1. The minimum Gasteiger partial charge on any atom is -0.354 e. The van der Waals surface area contributed by atoms with Gasteiger partial charge in [-0.15, -0.1) is 0 Å². The largest absolute Gasteiger partial charge is 0.354 e. The summed E-state index contributed by atoms with van der Waals surface area (Å²) in [5, 5.41) is 9.97. The van der Waals surface area contributed by atoms with Crippen molar-refractivity contribution in [3.05, 3.63) is 52.8 Å². The Bertz CT molecular complexity index is 1240. The standard InChI is InChI=1S/C21H18N4O/c1-25-16-7-6-13-17(14(16)10-23-25)19-12(8-9-22-21(19)26)18-11-4-2-3-5-15(11)24-20(13)18/h2-5,10,24H,6-9H2,1H3,(H,22,26). The van der Waals surface area contributed by atoms with Gasteiger partial charge in [-0.1, -0.05) is 18.2 Å². The van der Waals surface area contributed by atoms with Crippen LogP contribution in [-0.4, -0.2) is 27.2 Å². The summed E-state index contributed by atoms with van der Waals surface area (Å²) in [6.45, 7) is 0.694. The first-order chi connectivity index (χ1) is 12.7. The number of benzene rings is 2. The van der Waals surface area contributed by atoms with E-state index in [4.69, 9.17) is 0 Å². The second-order valence-electron chi connectivity index (χ2n) is 7.26. The molecule has 0 saturated heterocycles. The normalized spacial score (nSPS) is 15.7. The maximum absolute atomic E-state index is 12.9. The van der Waals surface area contributed by atoms with E-state index in [9.17, 15) is 4.79 Å². The lowest BCUT2D eigenvalue weighted by molar-refractivity contribution is 0.0947. The molecule has 1 amide bonds. The van der Waals surface area contributed by atoms with E-state index in [0.29, 0.717) is 6.54 Å². The lowest BCUT2D eigenvalue weighted by Crippen LogP contribution is -2.33. The molecule has 0 bridgehead atoms. The maximum Gasteiger partial charge on any atom is 0.252 e. The molecule has 2 N–H and O–H groups in total. The molecule has 1 aliphatic heterocycles. The Labute approximate surface area is 150 Å². The van der Waals surface area contributed by atoms with Crippen LogP contribution in [0.3, 0.4) is 0 Å². The molecular formula is C21H18N4O. The van der Waals surface area contributed by atoms with Crippen molar-refractivity contribution in [3.8, 4) is 11.1 Å². The number of rotatable bonds is 0. The van der Waals surface area contributed by atoms with Gasteiger partial charge in [0.1, 0.15) is 0 Å². The zero-order valence-electron chi connectivity index (χ0n) is 14.5. The second kappa shape index (κ2) is 4.75. The van der Waals surface area contributed by atoms with Crippen molar-refractivity contribution < 1.29 is 4.79 Å². The highest BCUT2D eigenvalue weighted by molar-refractivity contribution is 6.18. The minimum absolute atomic E-state index is 0.0476. The highest BCUT2D eigenvalue weighted by Crippen LogP contribution is 2.44. The van der Waals surface area contributed by atoms with E-state index in [1.54, 1.807) is 0 Å². The van der Waals surface area contributed by atoms with Crippen molar-refractivity contribution in [1.82, 2.24) is 20.1 Å². The molecule has 2 aromatic heterocycles. The summed E-state index contributed by atoms with van der Waals surface area (Å²) in [6, 6.07) is 8.41. The molecule has 0 unspecified atom stereocenters. The molecule has 5 nitrogen and oxygen atoms in total. The molecule has 26 heavy (non-hydrogen) atoms. The predicted octanol–water partition coefficient (Wildman–Crippen LogP) is 3.11. The first-order valence-electron chi connectivity index (χ1n) is 9.11. The molecule has 3 heterocycles. The van der Waals surface area contributed by atoms with E-state index < -0.39 is 0 Å². The predicted molar refractivity (Wildman–Crippen MR) is 101 cm³/mol. The van der Waals surface area contributed by atoms with E-state index in [1.807, 2.05) is 17.9 Å². The zero-order valence-corrected chi connectivity index (χ0v) is 14.5. The molecule has 0 saturated carbocycles. The van der Waals surface area contributed by atoms with Crippen LogP contribution in [0.4, 0.5) is 0 Å². The quantitative estimate of drug-likeness (QED) is 0.516. The van der Waals surface area contributed by atoms with Crippen LogP contribution in [0.1, 0.15) is 27.2 Å². The van der Waals surface area contributed by atoms with Crippen molar-refractivity contribution in [2.45, 2.75) is 19.3 Å². The summed E-state index contributed by atoms with van der Waals surface area (Å²) < 4.78 is 1.95. The molecule has 0 atom stereocenters. The number of aromatic nitrogens is 3. The lowest BCUT2D eigenvalue weighted by Gasteiger charge is -2.26.